The molecular formula is C17H25Cl. The molecule has 1 aromatic carbocycles. The number of alkyl halides is 1. The molecule has 0 heterocycles. The molecule has 0 N–H and O–H groups in total. The van der Waals surface area contributed by atoms with Gasteiger partial charge in [0.2, 0.25) is 0 Å². The second kappa shape index (κ2) is 5.25. The second-order valence-corrected chi connectivity index (χ2v) is 7.23. The van der Waals surface area contributed by atoms with E-state index in [1.54, 1.807) is 0 Å². The zero-order valence-corrected chi connectivity index (χ0v) is 12.7. The highest BCUT2D eigenvalue weighted by Gasteiger charge is 2.33. The number of rotatable bonds is 3. The van der Waals surface area contributed by atoms with Gasteiger partial charge in [-0.1, -0.05) is 57.9 Å². The second-order valence-electron chi connectivity index (χ2n) is 6.96. The summed E-state index contributed by atoms with van der Waals surface area (Å²) in [5, 5.41) is 0. The van der Waals surface area contributed by atoms with Gasteiger partial charge in [0, 0.05) is 5.88 Å². The van der Waals surface area contributed by atoms with E-state index in [1.165, 1.54) is 36.8 Å². The van der Waals surface area contributed by atoms with E-state index in [9.17, 15) is 0 Å². The van der Waals surface area contributed by atoms with Gasteiger partial charge in [-0.15, -0.1) is 11.6 Å². The fourth-order valence-corrected chi connectivity index (χ4v) is 3.40. The van der Waals surface area contributed by atoms with Crippen LogP contribution in [-0.4, -0.2) is 5.88 Å². The maximum atomic E-state index is 6.22. The van der Waals surface area contributed by atoms with Crippen molar-refractivity contribution in [3.05, 3.63) is 35.4 Å². The van der Waals surface area contributed by atoms with Gasteiger partial charge in [0.1, 0.15) is 0 Å². The minimum Gasteiger partial charge on any atom is -0.126 e. The molecule has 1 heteroatoms. The Bertz CT molecular complexity index is 377. The Kier molecular flexibility index (Phi) is 4.06. The van der Waals surface area contributed by atoms with Crippen LogP contribution in [0.4, 0.5) is 0 Å². The van der Waals surface area contributed by atoms with Gasteiger partial charge in [0.05, 0.1) is 0 Å². The molecule has 2 rings (SSSR count). The van der Waals surface area contributed by atoms with Gasteiger partial charge in [0.25, 0.3) is 0 Å². The lowest BCUT2D eigenvalue weighted by Crippen LogP contribution is -2.21. The molecule has 0 spiro atoms. The van der Waals surface area contributed by atoms with Crippen molar-refractivity contribution >= 4 is 11.6 Å². The van der Waals surface area contributed by atoms with Crippen molar-refractivity contribution in [3.8, 4) is 0 Å². The molecule has 18 heavy (non-hydrogen) atoms. The molecule has 0 bridgehead atoms. The van der Waals surface area contributed by atoms with Crippen molar-refractivity contribution in [1.29, 1.82) is 0 Å². The molecule has 1 aliphatic carbocycles. The molecule has 0 aromatic heterocycles. The third kappa shape index (κ3) is 3.09. The zero-order chi connectivity index (χ0) is 13.2. The Morgan fingerprint density at radius 2 is 1.61 bits per heavy atom. The van der Waals surface area contributed by atoms with Gasteiger partial charge in [-0.25, -0.2) is 0 Å². The highest BCUT2D eigenvalue weighted by molar-refractivity contribution is 6.18. The summed E-state index contributed by atoms with van der Waals surface area (Å²) in [6.45, 7) is 6.79. The minimum atomic E-state index is 0.246. The van der Waals surface area contributed by atoms with E-state index in [0.717, 1.165) is 12.3 Å². The fraction of sp³-hybridized carbons (Fsp3) is 0.647. The summed E-state index contributed by atoms with van der Waals surface area (Å²) in [7, 11) is 0. The molecule has 0 radical (unpaired) electrons. The maximum absolute atomic E-state index is 6.22. The Morgan fingerprint density at radius 3 is 2.06 bits per heavy atom. The standard InChI is InChI=1S/C17H25Cl/c1-16(2,3)15-8-6-14(7-9-15)12-17(13-18)10-4-5-11-17/h6-9H,4-5,10-13H2,1-3H3. The molecule has 0 atom stereocenters. The number of halogens is 1. The summed E-state index contributed by atoms with van der Waals surface area (Å²) >= 11 is 6.22. The summed E-state index contributed by atoms with van der Waals surface area (Å²) in [5.41, 5.74) is 3.49. The molecule has 0 unspecified atom stereocenters. The molecule has 0 nitrogen and oxygen atoms in total. The Morgan fingerprint density at radius 1 is 1.06 bits per heavy atom. The predicted octanol–water partition coefficient (Wildman–Crippen LogP) is 5.33. The molecule has 0 amide bonds. The monoisotopic (exact) mass is 264 g/mol. The van der Waals surface area contributed by atoms with E-state index in [4.69, 9.17) is 11.6 Å². The molecule has 1 aromatic rings. The highest BCUT2D eigenvalue weighted by Crippen LogP contribution is 2.42. The van der Waals surface area contributed by atoms with E-state index in [2.05, 4.69) is 45.0 Å². The molecule has 1 fully saturated rings. The quantitative estimate of drug-likeness (QED) is 0.648. The van der Waals surface area contributed by atoms with Crippen molar-refractivity contribution in [1.82, 2.24) is 0 Å². The number of benzene rings is 1. The van der Waals surface area contributed by atoms with Crippen LogP contribution in [0.3, 0.4) is 0 Å². The van der Waals surface area contributed by atoms with Crippen LogP contribution in [0.1, 0.15) is 57.6 Å². The first-order valence-corrected chi connectivity index (χ1v) is 7.64. The van der Waals surface area contributed by atoms with Crippen molar-refractivity contribution in [2.75, 3.05) is 5.88 Å². The first kappa shape index (κ1) is 13.9. The van der Waals surface area contributed by atoms with Gasteiger partial charge < -0.3 is 0 Å². The van der Waals surface area contributed by atoms with Crippen LogP contribution in [0, 0.1) is 5.41 Å². The highest BCUT2D eigenvalue weighted by atomic mass is 35.5. The van der Waals surface area contributed by atoms with Crippen LogP contribution in [-0.2, 0) is 11.8 Å². The van der Waals surface area contributed by atoms with Crippen molar-refractivity contribution in [2.24, 2.45) is 5.41 Å². The van der Waals surface area contributed by atoms with Gasteiger partial charge in [-0.05, 0) is 41.2 Å². The molecular weight excluding hydrogens is 240 g/mol. The van der Waals surface area contributed by atoms with E-state index in [-0.39, 0.29) is 5.41 Å². The third-order valence-corrected chi connectivity index (χ3v) is 4.91. The topological polar surface area (TPSA) is 0 Å². The van der Waals surface area contributed by atoms with Crippen LogP contribution < -0.4 is 0 Å². The average molecular weight is 265 g/mol. The van der Waals surface area contributed by atoms with Crippen LogP contribution in [0.15, 0.2) is 24.3 Å². The Hall–Kier alpha value is -0.490. The summed E-state index contributed by atoms with van der Waals surface area (Å²) in [4.78, 5) is 0. The summed E-state index contributed by atoms with van der Waals surface area (Å²) < 4.78 is 0. The van der Waals surface area contributed by atoms with Gasteiger partial charge in [-0.3, -0.25) is 0 Å². The molecule has 0 saturated heterocycles. The van der Waals surface area contributed by atoms with Crippen molar-refractivity contribution in [3.63, 3.8) is 0 Å². The lowest BCUT2D eigenvalue weighted by atomic mass is 9.80. The summed E-state index contributed by atoms with van der Waals surface area (Å²) in [5.74, 6) is 0.814. The first-order valence-electron chi connectivity index (χ1n) is 7.11. The van der Waals surface area contributed by atoms with E-state index >= 15 is 0 Å². The summed E-state index contributed by atoms with van der Waals surface area (Å²) in [6.07, 6.45) is 6.47. The SMILES string of the molecule is CC(C)(C)c1ccc(CC2(CCl)CCCC2)cc1. The van der Waals surface area contributed by atoms with Gasteiger partial charge >= 0.3 is 0 Å². The van der Waals surface area contributed by atoms with Gasteiger partial charge in [-0.2, -0.15) is 0 Å². The zero-order valence-electron chi connectivity index (χ0n) is 11.9. The molecule has 1 aliphatic rings. The number of hydrogen-bond acceptors (Lipinski definition) is 0. The van der Waals surface area contributed by atoms with Crippen LogP contribution in [0.2, 0.25) is 0 Å². The van der Waals surface area contributed by atoms with Crippen molar-refractivity contribution < 1.29 is 0 Å². The van der Waals surface area contributed by atoms with E-state index in [0.29, 0.717) is 5.41 Å². The van der Waals surface area contributed by atoms with Gasteiger partial charge in [0.15, 0.2) is 0 Å². The summed E-state index contributed by atoms with van der Waals surface area (Å²) in [6, 6.07) is 9.17. The maximum Gasteiger partial charge on any atom is 0.0283 e. The first-order chi connectivity index (χ1) is 8.45. The Labute approximate surface area is 117 Å². The number of hydrogen-bond donors (Lipinski definition) is 0. The van der Waals surface area contributed by atoms with Crippen molar-refractivity contribution in [2.45, 2.75) is 58.3 Å². The van der Waals surface area contributed by atoms with E-state index in [1.807, 2.05) is 0 Å². The smallest absolute Gasteiger partial charge is 0.0283 e. The third-order valence-electron chi connectivity index (χ3n) is 4.35. The minimum absolute atomic E-state index is 0.246. The molecule has 100 valence electrons. The van der Waals surface area contributed by atoms with Crippen LogP contribution >= 0.6 is 11.6 Å². The normalized spacial score (nSPS) is 19.1. The average Bonchev–Trinajstić information content (AvgIpc) is 2.78. The fourth-order valence-electron chi connectivity index (χ4n) is 3.04. The molecule has 0 aliphatic heterocycles. The molecule has 1 saturated carbocycles. The lowest BCUT2D eigenvalue weighted by Gasteiger charge is -2.27. The lowest BCUT2D eigenvalue weighted by molar-refractivity contribution is 0.341. The predicted molar refractivity (Wildman–Crippen MR) is 80.5 cm³/mol. The Balaban J connectivity index is 2.11. The van der Waals surface area contributed by atoms with Crippen LogP contribution in [0.25, 0.3) is 0 Å². The van der Waals surface area contributed by atoms with E-state index < -0.39 is 0 Å². The van der Waals surface area contributed by atoms with Crippen LogP contribution in [0.5, 0.6) is 0 Å². The largest absolute Gasteiger partial charge is 0.126 e.